The van der Waals surface area contributed by atoms with Crippen LogP contribution < -0.4 is 9.80 Å². The van der Waals surface area contributed by atoms with Crippen molar-refractivity contribution in [3.05, 3.63) is 23.9 Å². The third-order valence-electron chi connectivity index (χ3n) is 5.23. The van der Waals surface area contributed by atoms with Crippen molar-refractivity contribution in [3.8, 4) is 11.4 Å². The predicted molar refractivity (Wildman–Crippen MR) is 118 cm³/mol. The molecule has 2 aromatic heterocycles. The molecule has 33 heavy (non-hydrogen) atoms. The fourth-order valence-corrected chi connectivity index (χ4v) is 3.55. The highest BCUT2D eigenvalue weighted by Gasteiger charge is 2.36. The Morgan fingerprint density at radius 2 is 1.48 bits per heavy atom. The summed E-state index contributed by atoms with van der Waals surface area (Å²) < 4.78 is 52.9. The summed E-state index contributed by atoms with van der Waals surface area (Å²) in [5, 5.41) is 0. The van der Waals surface area contributed by atoms with E-state index in [9.17, 15) is 13.2 Å². The number of halogens is 3. The number of nitrogens with zero attached hydrogens (tertiary/aromatic N) is 7. The van der Waals surface area contributed by atoms with E-state index in [4.69, 9.17) is 9.47 Å². The Hall–Kier alpha value is -2.99. The van der Waals surface area contributed by atoms with Crippen molar-refractivity contribution < 1.29 is 22.6 Å². The van der Waals surface area contributed by atoms with Gasteiger partial charge in [0.2, 0.25) is 0 Å². The van der Waals surface area contributed by atoms with Gasteiger partial charge in [-0.25, -0.2) is 19.9 Å². The van der Waals surface area contributed by atoms with Crippen molar-refractivity contribution >= 4 is 23.8 Å². The summed E-state index contributed by atoms with van der Waals surface area (Å²) >= 11 is 0. The van der Waals surface area contributed by atoms with Crippen LogP contribution in [-0.4, -0.2) is 92.9 Å². The minimum Gasteiger partial charge on any atom is -0.378 e. The number of hydrogen-bond donors (Lipinski definition) is 0. The summed E-state index contributed by atoms with van der Waals surface area (Å²) in [5.74, 6) is 1.06. The molecule has 2 fully saturated rings. The van der Waals surface area contributed by atoms with E-state index in [1.54, 1.807) is 19.0 Å². The first-order chi connectivity index (χ1) is 15.8. The lowest BCUT2D eigenvalue weighted by atomic mass is 10.1. The van der Waals surface area contributed by atoms with E-state index in [1.807, 2.05) is 15.9 Å². The number of rotatable bonds is 5. The fraction of sp³-hybridized carbons (Fsp3) is 0.524. The monoisotopic (exact) mass is 465 g/mol. The van der Waals surface area contributed by atoms with Gasteiger partial charge in [-0.15, -0.1) is 0 Å². The molecular formula is C21H26F3N7O2. The Kier molecular flexibility index (Phi) is 6.94. The molecule has 0 spiro atoms. The Bertz CT molecular complexity index is 952. The van der Waals surface area contributed by atoms with Crippen LogP contribution in [0.5, 0.6) is 0 Å². The van der Waals surface area contributed by atoms with Crippen molar-refractivity contribution in [1.82, 2.24) is 19.9 Å². The highest BCUT2D eigenvalue weighted by molar-refractivity contribution is 5.68. The van der Waals surface area contributed by atoms with Gasteiger partial charge >= 0.3 is 6.18 Å². The maximum Gasteiger partial charge on any atom is 0.417 e. The number of pyridine rings is 1. The van der Waals surface area contributed by atoms with E-state index >= 15 is 0 Å². The van der Waals surface area contributed by atoms with Gasteiger partial charge in [-0.05, 0) is 6.07 Å². The molecule has 0 atom stereocenters. The summed E-state index contributed by atoms with van der Waals surface area (Å²) in [4.78, 5) is 22.8. The lowest BCUT2D eigenvalue weighted by Gasteiger charge is -2.31. The summed E-state index contributed by atoms with van der Waals surface area (Å²) in [6.45, 7) is 4.51. The topological polar surface area (TPSA) is 79.2 Å². The predicted octanol–water partition coefficient (Wildman–Crippen LogP) is 2.45. The molecule has 4 rings (SSSR count). The molecule has 2 aliphatic heterocycles. The standard InChI is InChI=1S/C21H26F3N7O2/c1-29(2)14-26-17-11-16(21(22,23)24)15(13-25-17)20-27-18(30-3-7-32-8-4-30)12-19(28-20)31-5-9-33-10-6-31/h11-14H,3-10H2,1-2H3. The minimum absolute atomic E-state index is 0.0246. The van der Waals surface area contributed by atoms with Crippen molar-refractivity contribution in [3.63, 3.8) is 0 Å². The van der Waals surface area contributed by atoms with Crippen LogP contribution in [0.15, 0.2) is 23.3 Å². The smallest absolute Gasteiger partial charge is 0.378 e. The highest BCUT2D eigenvalue weighted by Crippen LogP contribution is 2.38. The van der Waals surface area contributed by atoms with E-state index < -0.39 is 11.7 Å². The molecular weight excluding hydrogens is 439 g/mol. The molecule has 12 heteroatoms. The zero-order valence-electron chi connectivity index (χ0n) is 18.5. The van der Waals surface area contributed by atoms with Crippen LogP contribution in [0.4, 0.5) is 30.6 Å². The van der Waals surface area contributed by atoms with E-state index in [0.717, 1.165) is 12.3 Å². The molecule has 0 saturated carbocycles. The van der Waals surface area contributed by atoms with Gasteiger partial charge in [-0.2, -0.15) is 13.2 Å². The van der Waals surface area contributed by atoms with Crippen molar-refractivity contribution in [2.45, 2.75) is 6.18 Å². The van der Waals surface area contributed by atoms with Crippen LogP contribution >= 0.6 is 0 Å². The number of alkyl halides is 3. The molecule has 4 heterocycles. The van der Waals surface area contributed by atoms with Crippen molar-refractivity contribution in [1.29, 1.82) is 0 Å². The fourth-order valence-electron chi connectivity index (χ4n) is 3.55. The molecule has 0 unspecified atom stereocenters. The second-order valence-corrected chi connectivity index (χ2v) is 7.90. The molecule has 2 aromatic rings. The molecule has 0 bridgehead atoms. The van der Waals surface area contributed by atoms with Gasteiger partial charge in [0, 0.05) is 52.5 Å². The zero-order valence-corrected chi connectivity index (χ0v) is 18.5. The summed E-state index contributed by atoms with van der Waals surface area (Å²) in [6.07, 6.45) is -2.08. The van der Waals surface area contributed by atoms with Gasteiger partial charge in [0.1, 0.15) is 11.6 Å². The number of morpholine rings is 2. The third-order valence-corrected chi connectivity index (χ3v) is 5.23. The second kappa shape index (κ2) is 9.87. The van der Waals surface area contributed by atoms with E-state index in [-0.39, 0.29) is 17.2 Å². The number of anilines is 2. The number of ether oxygens (including phenoxy) is 2. The normalized spacial score (nSPS) is 17.6. The summed E-state index contributed by atoms with van der Waals surface area (Å²) in [5.41, 5.74) is -1.06. The van der Waals surface area contributed by atoms with Crippen molar-refractivity contribution in [2.75, 3.05) is 76.5 Å². The largest absolute Gasteiger partial charge is 0.417 e. The van der Waals surface area contributed by atoms with Crippen LogP contribution in [-0.2, 0) is 15.7 Å². The number of hydrogen-bond acceptors (Lipinski definition) is 8. The molecule has 2 saturated heterocycles. The van der Waals surface area contributed by atoms with E-state index in [2.05, 4.69) is 19.9 Å². The first-order valence-electron chi connectivity index (χ1n) is 10.6. The Labute approximate surface area is 189 Å². The molecule has 0 amide bonds. The lowest BCUT2D eigenvalue weighted by Crippen LogP contribution is -2.39. The van der Waals surface area contributed by atoms with Gasteiger partial charge in [-0.3, -0.25) is 0 Å². The Balaban J connectivity index is 1.80. The SMILES string of the molecule is CN(C)C=Nc1cc(C(F)(F)F)c(-c2nc(N3CCOCC3)cc(N3CCOCC3)n2)cn1. The van der Waals surface area contributed by atoms with Crippen LogP contribution in [0.2, 0.25) is 0 Å². The van der Waals surface area contributed by atoms with Crippen LogP contribution in [0.1, 0.15) is 5.56 Å². The van der Waals surface area contributed by atoms with Gasteiger partial charge < -0.3 is 24.2 Å². The highest BCUT2D eigenvalue weighted by atomic mass is 19.4. The van der Waals surface area contributed by atoms with Gasteiger partial charge in [-0.1, -0.05) is 0 Å². The van der Waals surface area contributed by atoms with Crippen LogP contribution in [0.25, 0.3) is 11.4 Å². The Morgan fingerprint density at radius 3 is 1.97 bits per heavy atom. The quantitative estimate of drug-likeness (QED) is 0.492. The van der Waals surface area contributed by atoms with Crippen LogP contribution in [0, 0.1) is 0 Å². The van der Waals surface area contributed by atoms with Gasteiger partial charge in [0.15, 0.2) is 11.6 Å². The molecule has 0 N–H and O–H groups in total. The van der Waals surface area contributed by atoms with E-state index in [1.165, 1.54) is 6.34 Å². The zero-order chi connectivity index (χ0) is 23.4. The third kappa shape index (κ3) is 5.69. The average molecular weight is 465 g/mol. The average Bonchev–Trinajstić information content (AvgIpc) is 2.83. The first-order valence-corrected chi connectivity index (χ1v) is 10.6. The molecule has 2 aliphatic rings. The molecule has 0 radical (unpaired) electrons. The maximum absolute atomic E-state index is 14.0. The number of aliphatic imine (C=N–C) groups is 1. The molecule has 0 aromatic carbocycles. The first kappa shape index (κ1) is 23.2. The van der Waals surface area contributed by atoms with E-state index in [0.29, 0.717) is 64.2 Å². The van der Waals surface area contributed by atoms with Crippen molar-refractivity contribution in [2.24, 2.45) is 4.99 Å². The number of aromatic nitrogens is 3. The molecule has 9 nitrogen and oxygen atoms in total. The summed E-state index contributed by atoms with van der Waals surface area (Å²) in [6, 6.07) is 2.74. The molecule has 178 valence electrons. The minimum atomic E-state index is -4.63. The van der Waals surface area contributed by atoms with Crippen LogP contribution in [0.3, 0.4) is 0 Å². The second-order valence-electron chi connectivity index (χ2n) is 7.90. The molecule has 0 aliphatic carbocycles. The summed E-state index contributed by atoms with van der Waals surface area (Å²) in [7, 11) is 3.45. The lowest BCUT2D eigenvalue weighted by molar-refractivity contribution is -0.137. The Morgan fingerprint density at radius 1 is 0.939 bits per heavy atom. The van der Waals surface area contributed by atoms with Gasteiger partial charge in [0.25, 0.3) is 0 Å². The van der Waals surface area contributed by atoms with Gasteiger partial charge in [0.05, 0.1) is 43.9 Å². The maximum atomic E-state index is 14.0.